The van der Waals surface area contributed by atoms with Gasteiger partial charge in [0, 0.05) is 9.13 Å². The molecular formula is C23H18FIN2O4. The van der Waals surface area contributed by atoms with Crippen LogP contribution in [0.5, 0.6) is 11.5 Å². The maximum Gasteiger partial charge on any atom is 0.343 e. The van der Waals surface area contributed by atoms with Crippen LogP contribution in [-0.2, 0) is 0 Å². The third kappa shape index (κ3) is 6.35. The molecule has 3 aromatic carbocycles. The topological polar surface area (TPSA) is 77.0 Å². The number of nitrogens with zero attached hydrogens (tertiary/aromatic N) is 1. The standard InChI is InChI=1S/C23H18FIN2O4/c1-2-30-21-12-15(14-26-27-22(28)17-4-3-5-19(25)13-17)6-11-20(21)31-23(29)16-7-9-18(24)10-8-16/h3-14H,2H2,1H3,(H,27,28)/b26-14+. The predicted octanol–water partition coefficient (Wildman–Crippen LogP) is 4.81. The molecule has 0 radical (unpaired) electrons. The number of benzene rings is 3. The van der Waals surface area contributed by atoms with Gasteiger partial charge in [0.1, 0.15) is 5.82 Å². The maximum atomic E-state index is 13.0. The van der Waals surface area contributed by atoms with Gasteiger partial charge in [-0.3, -0.25) is 4.79 Å². The molecule has 0 saturated carbocycles. The van der Waals surface area contributed by atoms with Gasteiger partial charge in [-0.05, 0) is 95.7 Å². The molecule has 0 aliphatic carbocycles. The zero-order valence-electron chi connectivity index (χ0n) is 16.5. The van der Waals surface area contributed by atoms with Gasteiger partial charge in [0.2, 0.25) is 0 Å². The first kappa shape index (κ1) is 22.4. The summed E-state index contributed by atoms with van der Waals surface area (Å²) < 4.78 is 24.9. The molecule has 1 amide bonds. The second-order valence-corrected chi connectivity index (χ2v) is 7.49. The van der Waals surface area contributed by atoms with Gasteiger partial charge in [-0.25, -0.2) is 14.6 Å². The average Bonchev–Trinajstić information content (AvgIpc) is 2.76. The molecule has 0 atom stereocenters. The van der Waals surface area contributed by atoms with Gasteiger partial charge in [-0.2, -0.15) is 5.10 Å². The van der Waals surface area contributed by atoms with E-state index in [9.17, 15) is 14.0 Å². The number of nitrogens with one attached hydrogen (secondary N) is 1. The smallest absolute Gasteiger partial charge is 0.343 e. The zero-order chi connectivity index (χ0) is 22.2. The van der Waals surface area contributed by atoms with E-state index in [1.165, 1.54) is 30.5 Å². The number of carbonyl (C=O) groups is 2. The molecule has 1 N–H and O–H groups in total. The number of hydrazone groups is 1. The largest absolute Gasteiger partial charge is 0.490 e. The molecule has 0 saturated heterocycles. The minimum atomic E-state index is -0.632. The summed E-state index contributed by atoms with van der Waals surface area (Å²) in [5, 5.41) is 3.97. The van der Waals surface area contributed by atoms with E-state index in [0.29, 0.717) is 23.5 Å². The molecule has 0 aromatic heterocycles. The first-order valence-electron chi connectivity index (χ1n) is 9.30. The van der Waals surface area contributed by atoms with E-state index in [2.05, 4.69) is 33.1 Å². The first-order valence-corrected chi connectivity index (χ1v) is 10.4. The fourth-order valence-electron chi connectivity index (χ4n) is 2.56. The van der Waals surface area contributed by atoms with Gasteiger partial charge in [0.25, 0.3) is 5.91 Å². The van der Waals surface area contributed by atoms with Crippen molar-refractivity contribution in [2.75, 3.05) is 6.61 Å². The fourth-order valence-corrected chi connectivity index (χ4v) is 3.11. The molecule has 0 spiro atoms. The SMILES string of the molecule is CCOc1cc(/C=N/NC(=O)c2cccc(I)c2)ccc1OC(=O)c1ccc(F)cc1. The number of esters is 1. The quantitative estimate of drug-likeness (QED) is 0.156. The van der Waals surface area contributed by atoms with Crippen molar-refractivity contribution >= 4 is 40.7 Å². The van der Waals surface area contributed by atoms with Crippen molar-refractivity contribution in [1.82, 2.24) is 5.43 Å². The molecule has 0 aliphatic rings. The van der Waals surface area contributed by atoms with E-state index in [1.807, 2.05) is 6.07 Å². The molecule has 0 unspecified atom stereocenters. The predicted molar refractivity (Wildman–Crippen MR) is 123 cm³/mol. The van der Waals surface area contributed by atoms with E-state index in [-0.39, 0.29) is 17.2 Å². The molecule has 0 bridgehead atoms. The van der Waals surface area contributed by atoms with Crippen molar-refractivity contribution < 1.29 is 23.5 Å². The minimum Gasteiger partial charge on any atom is -0.490 e. The highest BCUT2D eigenvalue weighted by Crippen LogP contribution is 2.29. The Balaban J connectivity index is 1.70. The van der Waals surface area contributed by atoms with Crippen LogP contribution in [0, 0.1) is 9.39 Å². The summed E-state index contributed by atoms with van der Waals surface area (Å²) in [5.41, 5.74) is 3.82. The van der Waals surface area contributed by atoms with Crippen LogP contribution in [0.4, 0.5) is 4.39 Å². The van der Waals surface area contributed by atoms with Crippen molar-refractivity contribution in [3.63, 3.8) is 0 Å². The van der Waals surface area contributed by atoms with Gasteiger partial charge >= 0.3 is 5.97 Å². The lowest BCUT2D eigenvalue weighted by atomic mass is 10.2. The van der Waals surface area contributed by atoms with Gasteiger partial charge in [0.15, 0.2) is 11.5 Å². The van der Waals surface area contributed by atoms with Gasteiger partial charge in [0.05, 0.1) is 18.4 Å². The summed E-state index contributed by atoms with van der Waals surface area (Å²) in [6.45, 7) is 2.15. The highest BCUT2D eigenvalue weighted by Gasteiger charge is 2.13. The van der Waals surface area contributed by atoms with Crippen LogP contribution < -0.4 is 14.9 Å². The number of hydrogen-bond donors (Lipinski definition) is 1. The Morgan fingerprint density at radius 3 is 2.52 bits per heavy atom. The van der Waals surface area contributed by atoms with Crippen LogP contribution in [0.15, 0.2) is 71.8 Å². The number of ether oxygens (including phenoxy) is 2. The first-order chi connectivity index (χ1) is 15.0. The monoisotopic (exact) mass is 532 g/mol. The Bertz CT molecular complexity index is 1120. The van der Waals surface area contributed by atoms with E-state index >= 15 is 0 Å². The normalized spacial score (nSPS) is 10.7. The highest BCUT2D eigenvalue weighted by atomic mass is 127. The van der Waals surface area contributed by atoms with Crippen molar-refractivity contribution in [3.8, 4) is 11.5 Å². The lowest BCUT2D eigenvalue weighted by molar-refractivity contribution is 0.0728. The molecule has 158 valence electrons. The molecule has 0 fully saturated rings. The molecule has 31 heavy (non-hydrogen) atoms. The lowest BCUT2D eigenvalue weighted by Gasteiger charge is -2.11. The lowest BCUT2D eigenvalue weighted by Crippen LogP contribution is -2.17. The number of carbonyl (C=O) groups excluding carboxylic acids is 2. The fraction of sp³-hybridized carbons (Fsp3) is 0.0870. The van der Waals surface area contributed by atoms with Crippen molar-refractivity contribution in [1.29, 1.82) is 0 Å². The molecule has 3 rings (SSSR count). The highest BCUT2D eigenvalue weighted by molar-refractivity contribution is 14.1. The Morgan fingerprint density at radius 1 is 1.03 bits per heavy atom. The van der Waals surface area contributed by atoms with Crippen LogP contribution >= 0.6 is 22.6 Å². The van der Waals surface area contributed by atoms with Crippen LogP contribution in [-0.4, -0.2) is 24.7 Å². The van der Waals surface area contributed by atoms with Crippen molar-refractivity contribution in [2.24, 2.45) is 5.10 Å². The Labute approximate surface area is 192 Å². The summed E-state index contributed by atoms with van der Waals surface area (Å²) in [6.07, 6.45) is 1.46. The molecule has 3 aromatic rings. The second-order valence-electron chi connectivity index (χ2n) is 6.25. The third-order valence-electron chi connectivity index (χ3n) is 4.02. The van der Waals surface area contributed by atoms with Crippen molar-refractivity contribution in [3.05, 3.63) is 92.8 Å². The van der Waals surface area contributed by atoms with E-state index in [1.54, 1.807) is 43.3 Å². The van der Waals surface area contributed by atoms with E-state index < -0.39 is 11.8 Å². The van der Waals surface area contributed by atoms with Crippen LogP contribution in [0.25, 0.3) is 0 Å². The molecule has 0 aliphatic heterocycles. The third-order valence-corrected chi connectivity index (χ3v) is 4.69. The number of amides is 1. The van der Waals surface area contributed by atoms with Gasteiger partial charge in [-0.15, -0.1) is 0 Å². The second kappa shape index (κ2) is 10.7. The summed E-state index contributed by atoms with van der Waals surface area (Å²) in [5.74, 6) is -0.844. The Hall–Kier alpha value is -3.27. The van der Waals surface area contributed by atoms with E-state index in [0.717, 1.165) is 3.57 Å². The number of rotatable bonds is 7. The average molecular weight is 532 g/mol. The minimum absolute atomic E-state index is 0.216. The van der Waals surface area contributed by atoms with Crippen molar-refractivity contribution in [2.45, 2.75) is 6.92 Å². The summed E-state index contributed by atoms with van der Waals surface area (Å²) in [6, 6.07) is 17.1. The molecule has 6 nitrogen and oxygen atoms in total. The summed E-state index contributed by atoms with van der Waals surface area (Å²) >= 11 is 2.13. The molecular weight excluding hydrogens is 514 g/mol. The van der Waals surface area contributed by atoms with Crippen LogP contribution in [0.1, 0.15) is 33.2 Å². The summed E-state index contributed by atoms with van der Waals surface area (Å²) in [4.78, 5) is 24.5. The number of hydrogen-bond acceptors (Lipinski definition) is 5. The summed E-state index contributed by atoms with van der Waals surface area (Å²) in [7, 11) is 0. The van der Waals surface area contributed by atoms with Gasteiger partial charge in [-0.1, -0.05) is 6.07 Å². The van der Waals surface area contributed by atoms with Gasteiger partial charge < -0.3 is 9.47 Å². The Kier molecular flexibility index (Phi) is 7.71. The zero-order valence-corrected chi connectivity index (χ0v) is 18.6. The van der Waals surface area contributed by atoms with Crippen LogP contribution in [0.2, 0.25) is 0 Å². The molecule has 0 heterocycles. The van der Waals surface area contributed by atoms with E-state index in [4.69, 9.17) is 9.47 Å². The van der Waals surface area contributed by atoms with Crippen LogP contribution in [0.3, 0.4) is 0 Å². The maximum absolute atomic E-state index is 13.0. The Morgan fingerprint density at radius 2 is 1.81 bits per heavy atom. The molecule has 8 heteroatoms. The number of halogens is 2.